The molecule has 2 fully saturated rings. The minimum absolute atomic E-state index is 0.546. The van der Waals surface area contributed by atoms with Gasteiger partial charge in [0.1, 0.15) is 12.1 Å². The molecule has 1 aliphatic carbocycles. The van der Waals surface area contributed by atoms with Gasteiger partial charge in [0.2, 0.25) is 5.95 Å². The first-order chi connectivity index (χ1) is 13.4. The van der Waals surface area contributed by atoms with Crippen molar-refractivity contribution in [2.24, 2.45) is 0 Å². The Morgan fingerprint density at radius 3 is 2.63 bits per heavy atom. The van der Waals surface area contributed by atoms with Crippen LogP contribution in [0.2, 0.25) is 0 Å². The molecular weight excluding hydrogens is 358 g/mol. The Morgan fingerprint density at radius 2 is 1.85 bits per heavy atom. The van der Waals surface area contributed by atoms with Crippen LogP contribution in [0, 0.1) is 0 Å². The maximum absolute atomic E-state index is 5.08. The molecule has 1 aliphatic heterocycles. The third-order valence-corrected chi connectivity index (χ3v) is 6.29. The normalized spacial score (nSPS) is 17.8. The molecule has 0 amide bonds. The minimum Gasteiger partial charge on any atom is -0.317 e. The van der Waals surface area contributed by atoms with Crippen LogP contribution in [0.1, 0.15) is 48.2 Å². The molecular formula is C19H21N7S. The molecule has 8 heteroatoms. The summed E-state index contributed by atoms with van der Waals surface area (Å²) < 4.78 is 0. The lowest BCUT2D eigenvalue weighted by Crippen LogP contribution is -2.26. The topological polar surface area (TPSA) is 88.5 Å². The van der Waals surface area contributed by atoms with E-state index in [0.29, 0.717) is 23.6 Å². The fourth-order valence-corrected chi connectivity index (χ4v) is 4.72. The van der Waals surface area contributed by atoms with Crippen molar-refractivity contribution < 1.29 is 0 Å². The van der Waals surface area contributed by atoms with Crippen LogP contribution in [0.25, 0.3) is 10.6 Å². The van der Waals surface area contributed by atoms with Crippen molar-refractivity contribution in [3.8, 4) is 10.6 Å². The summed E-state index contributed by atoms with van der Waals surface area (Å²) >= 11 is 1.82. The van der Waals surface area contributed by atoms with Crippen molar-refractivity contribution in [1.29, 1.82) is 0 Å². The highest BCUT2D eigenvalue weighted by atomic mass is 32.1. The third kappa shape index (κ3) is 3.68. The van der Waals surface area contributed by atoms with E-state index in [0.717, 1.165) is 18.8 Å². The van der Waals surface area contributed by atoms with Gasteiger partial charge in [-0.15, -0.1) is 11.3 Å². The van der Waals surface area contributed by atoms with Crippen LogP contribution < -0.4 is 10.6 Å². The summed E-state index contributed by atoms with van der Waals surface area (Å²) in [4.78, 5) is 23.5. The Kier molecular flexibility index (Phi) is 4.51. The minimum atomic E-state index is 0.546. The zero-order valence-corrected chi connectivity index (χ0v) is 15.7. The summed E-state index contributed by atoms with van der Waals surface area (Å²) in [6.45, 7) is 2.16. The maximum Gasteiger partial charge on any atom is 0.228 e. The lowest BCUT2D eigenvalue weighted by Gasteiger charge is -2.20. The summed E-state index contributed by atoms with van der Waals surface area (Å²) in [5, 5.41) is 7.87. The molecule has 3 aromatic heterocycles. The number of anilines is 2. The first kappa shape index (κ1) is 16.7. The maximum atomic E-state index is 5.08. The molecule has 138 valence electrons. The Morgan fingerprint density at radius 1 is 0.963 bits per heavy atom. The Hall–Kier alpha value is -2.45. The van der Waals surface area contributed by atoms with E-state index in [9.17, 15) is 0 Å². The summed E-state index contributed by atoms with van der Waals surface area (Å²) in [6.07, 6.45) is 9.80. The fourth-order valence-electron chi connectivity index (χ4n) is 3.43. The van der Waals surface area contributed by atoms with Crippen LogP contribution in [0.4, 0.5) is 11.8 Å². The highest BCUT2D eigenvalue weighted by Crippen LogP contribution is 2.47. The average molecular weight is 379 g/mol. The van der Waals surface area contributed by atoms with E-state index in [1.807, 2.05) is 17.4 Å². The van der Waals surface area contributed by atoms with E-state index >= 15 is 0 Å². The van der Waals surface area contributed by atoms with Crippen molar-refractivity contribution in [2.75, 3.05) is 18.4 Å². The van der Waals surface area contributed by atoms with Crippen LogP contribution in [-0.2, 0) is 0 Å². The number of rotatable bonds is 5. The molecule has 27 heavy (non-hydrogen) atoms. The SMILES string of the molecule is c1cc(Nc2nccc(-c3sc(C4CCNCC4)nc3C3CC3)n2)ncn1. The summed E-state index contributed by atoms with van der Waals surface area (Å²) in [5.41, 5.74) is 2.18. The lowest BCUT2D eigenvalue weighted by molar-refractivity contribution is 0.458. The van der Waals surface area contributed by atoms with Gasteiger partial charge < -0.3 is 10.6 Å². The predicted molar refractivity (Wildman–Crippen MR) is 105 cm³/mol. The van der Waals surface area contributed by atoms with Gasteiger partial charge in [-0.2, -0.15) is 0 Å². The van der Waals surface area contributed by atoms with Gasteiger partial charge in [-0.05, 0) is 50.9 Å². The van der Waals surface area contributed by atoms with Gasteiger partial charge in [-0.1, -0.05) is 0 Å². The summed E-state index contributed by atoms with van der Waals surface area (Å²) in [6, 6.07) is 3.78. The van der Waals surface area contributed by atoms with Crippen molar-refractivity contribution in [2.45, 2.75) is 37.5 Å². The van der Waals surface area contributed by atoms with Crippen molar-refractivity contribution in [3.63, 3.8) is 0 Å². The number of piperidine rings is 1. The molecule has 1 saturated carbocycles. The van der Waals surface area contributed by atoms with Gasteiger partial charge in [-0.3, -0.25) is 0 Å². The molecule has 0 bridgehead atoms. The van der Waals surface area contributed by atoms with Crippen LogP contribution in [0.15, 0.2) is 30.9 Å². The average Bonchev–Trinajstić information content (AvgIpc) is 3.48. The second-order valence-corrected chi connectivity index (χ2v) is 8.08. The number of hydrogen-bond acceptors (Lipinski definition) is 8. The second kappa shape index (κ2) is 7.28. The van der Waals surface area contributed by atoms with E-state index in [1.165, 1.54) is 47.6 Å². The van der Waals surface area contributed by atoms with Crippen LogP contribution in [0.5, 0.6) is 0 Å². The highest BCUT2D eigenvalue weighted by molar-refractivity contribution is 7.15. The van der Waals surface area contributed by atoms with Gasteiger partial charge in [0.05, 0.1) is 21.3 Å². The molecule has 0 unspecified atom stereocenters. The second-order valence-electron chi connectivity index (χ2n) is 7.05. The molecule has 5 rings (SSSR count). The van der Waals surface area contributed by atoms with Gasteiger partial charge in [0, 0.05) is 24.2 Å². The number of hydrogen-bond donors (Lipinski definition) is 2. The third-order valence-electron chi connectivity index (χ3n) is 5.03. The molecule has 0 aromatic carbocycles. The Balaban J connectivity index is 1.46. The highest BCUT2D eigenvalue weighted by Gasteiger charge is 2.32. The zero-order chi connectivity index (χ0) is 18.1. The van der Waals surface area contributed by atoms with Crippen LogP contribution in [0.3, 0.4) is 0 Å². The molecule has 0 radical (unpaired) electrons. The smallest absolute Gasteiger partial charge is 0.228 e. The Labute approximate surface area is 161 Å². The number of aromatic nitrogens is 5. The first-order valence-corrected chi connectivity index (χ1v) is 10.3. The van der Waals surface area contributed by atoms with E-state index in [1.54, 1.807) is 18.5 Å². The van der Waals surface area contributed by atoms with Crippen LogP contribution in [-0.4, -0.2) is 38.0 Å². The van der Waals surface area contributed by atoms with Gasteiger partial charge in [-0.25, -0.2) is 24.9 Å². The Bertz CT molecular complexity index is 917. The van der Waals surface area contributed by atoms with Crippen molar-refractivity contribution in [1.82, 2.24) is 30.2 Å². The van der Waals surface area contributed by atoms with E-state index in [2.05, 4.69) is 25.6 Å². The van der Waals surface area contributed by atoms with Crippen LogP contribution >= 0.6 is 11.3 Å². The molecule has 1 saturated heterocycles. The molecule has 4 heterocycles. The molecule has 0 atom stereocenters. The molecule has 2 N–H and O–H groups in total. The standard InChI is InChI=1S/C19H21N7S/c1-2-12(1)16-17(27-18(26-16)13-3-7-20-8-4-13)14-5-10-22-19(24-14)25-15-6-9-21-11-23-15/h5-6,9-13,20H,1-4,7-8H2,(H,21,22,23,24,25). The van der Waals surface area contributed by atoms with Crippen molar-refractivity contribution >= 4 is 23.1 Å². The fraction of sp³-hybridized carbons (Fsp3) is 0.421. The van der Waals surface area contributed by atoms with E-state index in [-0.39, 0.29) is 0 Å². The largest absolute Gasteiger partial charge is 0.317 e. The summed E-state index contributed by atoms with van der Waals surface area (Å²) in [7, 11) is 0. The molecule has 0 spiro atoms. The van der Waals surface area contributed by atoms with Crippen molar-refractivity contribution in [3.05, 3.63) is 41.6 Å². The van der Waals surface area contributed by atoms with Gasteiger partial charge in [0.15, 0.2) is 0 Å². The number of nitrogens with zero attached hydrogens (tertiary/aromatic N) is 5. The molecule has 2 aliphatic rings. The first-order valence-electron chi connectivity index (χ1n) is 9.44. The predicted octanol–water partition coefficient (Wildman–Crippen LogP) is 3.48. The van der Waals surface area contributed by atoms with E-state index < -0.39 is 0 Å². The summed E-state index contributed by atoms with van der Waals surface area (Å²) in [5.74, 6) is 2.40. The van der Waals surface area contributed by atoms with Gasteiger partial charge in [0.25, 0.3) is 0 Å². The van der Waals surface area contributed by atoms with Gasteiger partial charge >= 0.3 is 0 Å². The monoisotopic (exact) mass is 379 g/mol. The lowest BCUT2D eigenvalue weighted by atomic mass is 9.99. The quantitative estimate of drug-likeness (QED) is 0.701. The molecule has 7 nitrogen and oxygen atoms in total. The molecule has 3 aromatic rings. The number of nitrogens with one attached hydrogen (secondary N) is 2. The number of thiazole rings is 1. The zero-order valence-electron chi connectivity index (χ0n) is 14.9. The van der Waals surface area contributed by atoms with E-state index in [4.69, 9.17) is 9.97 Å².